The number of aryl methyl sites for hydroxylation is 2. The van der Waals surface area contributed by atoms with Gasteiger partial charge in [-0.15, -0.1) is 0 Å². The zero-order valence-electron chi connectivity index (χ0n) is 16.1. The number of carbonyl (C=O) groups excluding carboxylic acids is 2. The number of nitrogens with zero attached hydrogens (tertiary/aromatic N) is 1. The topological polar surface area (TPSA) is 95.6 Å². The summed E-state index contributed by atoms with van der Waals surface area (Å²) in [5.41, 5.74) is 3.17. The van der Waals surface area contributed by atoms with Crippen LogP contribution in [0, 0.1) is 6.92 Å². The highest BCUT2D eigenvalue weighted by Gasteiger charge is 2.39. The van der Waals surface area contributed by atoms with Crippen LogP contribution in [0.3, 0.4) is 0 Å². The molecule has 4 rings (SSSR count). The van der Waals surface area contributed by atoms with Crippen LogP contribution in [0.25, 0.3) is 0 Å². The third-order valence-corrected chi connectivity index (χ3v) is 7.31. The lowest BCUT2D eigenvalue weighted by Crippen LogP contribution is -2.43. The van der Waals surface area contributed by atoms with Crippen LogP contribution >= 0.6 is 0 Å². The molecule has 152 valence electrons. The first-order valence-electron chi connectivity index (χ1n) is 9.67. The quantitative estimate of drug-likeness (QED) is 0.806. The number of fused-ring (bicyclic) bond motifs is 1. The van der Waals surface area contributed by atoms with Crippen molar-refractivity contribution in [3.63, 3.8) is 0 Å². The molecule has 0 radical (unpaired) electrons. The van der Waals surface area contributed by atoms with E-state index in [0.29, 0.717) is 43.6 Å². The second-order valence-corrected chi connectivity index (χ2v) is 9.39. The monoisotopic (exact) mass is 413 g/mol. The number of benzene rings is 2. The lowest BCUT2D eigenvalue weighted by atomic mass is 10.0. The standard InChI is InChI=1S/C21H23N3O4S/c1-14-4-7-16(8-5-14)22-21(26)19-3-2-12-24(19)29(27,28)17-9-10-18-15(13-17)6-11-20(25)23-18/h4-5,7-10,13,19H,2-3,6,11-12H2,1H3,(H,22,26)(H,23,25). The predicted octanol–water partition coefficient (Wildman–Crippen LogP) is 2.67. The minimum Gasteiger partial charge on any atom is -0.326 e. The van der Waals surface area contributed by atoms with Crippen LogP contribution < -0.4 is 10.6 Å². The second-order valence-electron chi connectivity index (χ2n) is 7.50. The molecule has 0 aliphatic carbocycles. The molecule has 2 aromatic rings. The van der Waals surface area contributed by atoms with Crippen molar-refractivity contribution in [2.45, 2.75) is 43.5 Å². The smallest absolute Gasteiger partial charge is 0.243 e. The molecule has 2 heterocycles. The molecule has 8 heteroatoms. The fourth-order valence-electron chi connectivity index (χ4n) is 3.81. The van der Waals surface area contributed by atoms with Crippen LogP contribution in [-0.2, 0) is 26.0 Å². The van der Waals surface area contributed by atoms with Crippen LogP contribution in [0.4, 0.5) is 11.4 Å². The predicted molar refractivity (Wildman–Crippen MR) is 110 cm³/mol. The van der Waals surface area contributed by atoms with Crippen LogP contribution in [0.15, 0.2) is 47.4 Å². The van der Waals surface area contributed by atoms with Gasteiger partial charge >= 0.3 is 0 Å². The van der Waals surface area contributed by atoms with Crippen molar-refractivity contribution in [3.05, 3.63) is 53.6 Å². The van der Waals surface area contributed by atoms with Crippen LogP contribution in [0.5, 0.6) is 0 Å². The Morgan fingerprint density at radius 1 is 1.14 bits per heavy atom. The molecule has 29 heavy (non-hydrogen) atoms. The molecular weight excluding hydrogens is 390 g/mol. The van der Waals surface area contributed by atoms with Crippen LogP contribution in [0.2, 0.25) is 0 Å². The zero-order valence-corrected chi connectivity index (χ0v) is 17.0. The lowest BCUT2D eigenvalue weighted by Gasteiger charge is -2.24. The number of anilines is 2. The first-order valence-corrected chi connectivity index (χ1v) is 11.1. The van der Waals surface area contributed by atoms with E-state index in [-0.39, 0.29) is 16.7 Å². The molecule has 0 aromatic heterocycles. The van der Waals surface area contributed by atoms with E-state index in [1.165, 1.54) is 10.4 Å². The van der Waals surface area contributed by atoms with Crippen molar-refractivity contribution < 1.29 is 18.0 Å². The first kappa shape index (κ1) is 19.6. The second kappa shape index (κ2) is 7.61. The Morgan fingerprint density at radius 3 is 2.66 bits per heavy atom. The molecule has 2 N–H and O–H groups in total. The van der Waals surface area contributed by atoms with E-state index in [9.17, 15) is 18.0 Å². The van der Waals surface area contributed by atoms with E-state index in [1.807, 2.05) is 19.1 Å². The fraction of sp³-hybridized carbons (Fsp3) is 0.333. The number of hydrogen-bond donors (Lipinski definition) is 2. The molecule has 1 unspecified atom stereocenters. The largest absolute Gasteiger partial charge is 0.326 e. The number of rotatable bonds is 4. The van der Waals surface area contributed by atoms with Gasteiger partial charge in [0.25, 0.3) is 0 Å². The van der Waals surface area contributed by atoms with Gasteiger partial charge in [0.15, 0.2) is 0 Å². The van der Waals surface area contributed by atoms with Crippen molar-refractivity contribution in [2.24, 2.45) is 0 Å². The van der Waals surface area contributed by atoms with Gasteiger partial charge in [0, 0.05) is 24.3 Å². The van der Waals surface area contributed by atoms with Crippen molar-refractivity contribution in [3.8, 4) is 0 Å². The van der Waals surface area contributed by atoms with Crippen LogP contribution in [0.1, 0.15) is 30.4 Å². The van der Waals surface area contributed by atoms with Gasteiger partial charge in [-0.3, -0.25) is 9.59 Å². The van der Waals surface area contributed by atoms with Gasteiger partial charge < -0.3 is 10.6 Å². The third kappa shape index (κ3) is 3.90. The Kier molecular flexibility index (Phi) is 5.14. The number of carbonyl (C=O) groups is 2. The summed E-state index contributed by atoms with van der Waals surface area (Å²) in [6, 6.07) is 11.4. The lowest BCUT2D eigenvalue weighted by molar-refractivity contribution is -0.119. The number of hydrogen-bond acceptors (Lipinski definition) is 4. The van der Waals surface area contributed by atoms with Gasteiger partial charge in [0.2, 0.25) is 21.8 Å². The van der Waals surface area contributed by atoms with Gasteiger partial charge in [-0.25, -0.2) is 8.42 Å². The number of sulfonamides is 1. The molecule has 2 amide bonds. The highest BCUT2D eigenvalue weighted by atomic mass is 32.2. The Balaban J connectivity index is 1.56. The summed E-state index contributed by atoms with van der Waals surface area (Å²) in [6.45, 7) is 2.27. The van der Waals surface area contributed by atoms with Gasteiger partial charge in [0.05, 0.1) is 4.90 Å². The Morgan fingerprint density at radius 2 is 1.90 bits per heavy atom. The van der Waals surface area contributed by atoms with Gasteiger partial charge in [-0.2, -0.15) is 4.31 Å². The Hall–Kier alpha value is -2.71. The molecule has 2 aliphatic rings. The van der Waals surface area contributed by atoms with Gasteiger partial charge in [0.1, 0.15) is 6.04 Å². The van der Waals surface area contributed by atoms with Crippen molar-refractivity contribution in [2.75, 3.05) is 17.2 Å². The molecule has 1 atom stereocenters. The molecule has 2 aromatic carbocycles. The van der Waals surface area contributed by atoms with E-state index in [4.69, 9.17) is 0 Å². The summed E-state index contributed by atoms with van der Waals surface area (Å²) < 4.78 is 27.8. The van der Waals surface area contributed by atoms with Crippen molar-refractivity contribution >= 4 is 33.2 Å². The third-order valence-electron chi connectivity index (χ3n) is 5.40. The van der Waals surface area contributed by atoms with Crippen molar-refractivity contribution in [1.29, 1.82) is 0 Å². The highest BCUT2D eigenvalue weighted by molar-refractivity contribution is 7.89. The van der Waals surface area contributed by atoms with E-state index >= 15 is 0 Å². The van der Waals surface area contributed by atoms with E-state index in [1.54, 1.807) is 24.3 Å². The maximum atomic E-state index is 13.3. The molecule has 2 aliphatic heterocycles. The molecule has 7 nitrogen and oxygen atoms in total. The Bertz CT molecular complexity index is 1060. The van der Waals surface area contributed by atoms with E-state index in [2.05, 4.69) is 10.6 Å². The minimum atomic E-state index is -3.82. The summed E-state index contributed by atoms with van der Waals surface area (Å²) >= 11 is 0. The molecule has 1 fully saturated rings. The highest BCUT2D eigenvalue weighted by Crippen LogP contribution is 2.31. The number of amides is 2. The van der Waals surface area contributed by atoms with Gasteiger partial charge in [-0.05, 0) is 62.1 Å². The summed E-state index contributed by atoms with van der Waals surface area (Å²) in [4.78, 5) is 24.5. The summed E-state index contributed by atoms with van der Waals surface area (Å²) in [5, 5.41) is 5.58. The average molecular weight is 413 g/mol. The number of nitrogens with one attached hydrogen (secondary N) is 2. The average Bonchev–Trinajstić information content (AvgIpc) is 3.20. The molecule has 0 saturated carbocycles. The molecular formula is C21H23N3O4S. The van der Waals surface area contributed by atoms with Crippen molar-refractivity contribution in [1.82, 2.24) is 4.31 Å². The molecule has 0 spiro atoms. The van der Waals surface area contributed by atoms with Crippen LogP contribution in [-0.4, -0.2) is 37.1 Å². The minimum absolute atomic E-state index is 0.0690. The zero-order chi connectivity index (χ0) is 20.6. The summed E-state index contributed by atoms with van der Waals surface area (Å²) in [5.74, 6) is -0.388. The molecule has 1 saturated heterocycles. The van der Waals surface area contributed by atoms with E-state index < -0.39 is 16.1 Å². The maximum Gasteiger partial charge on any atom is 0.243 e. The van der Waals surface area contributed by atoms with Gasteiger partial charge in [-0.1, -0.05) is 17.7 Å². The van der Waals surface area contributed by atoms with E-state index in [0.717, 1.165) is 11.1 Å². The Labute approximate surface area is 170 Å². The first-order chi connectivity index (χ1) is 13.8. The SMILES string of the molecule is Cc1ccc(NC(=O)C2CCCN2S(=O)(=O)c2ccc3c(c2)CCC(=O)N3)cc1. The maximum absolute atomic E-state index is 13.3. The normalized spacial score (nSPS) is 19.5. The fourth-order valence-corrected chi connectivity index (χ4v) is 5.52. The summed E-state index contributed by atoms with van der Waals surface area (Å²) in [6.07, 6.45) is 1.95. The molecule has 0 bridgehead atoms. The summed E-state index contributed by atoms with van der Waals surface area (Å²) in [7, 11) is -3.82.